The third-order valence-electron chi connectivity index (χ3n) is 5.67. The van der Waals surface area contributed by atoms with Crippen LogP contribution in [0.5, 0.6) is 0 Å². The van der Waals surface area contributed by atoms with Gasteiger partial charge in [-0.05, 0) is 61.9 Å². The van der Waals surface area contributed by atoms with Crippen LogP contribution in [0, 0.1) is 5.92 Å². The summed E-state index contributed by atoms with van der Waals surface area (Å²) in [5, 5.41) is 6.06. The number of piperidine rings is 1. The Bertz CT molecular complexity index is 891. The molecule has 5 nitrogen and oxygen atoms in total. The molecule has 0 unspecified atom stereocenters. The van der Waals surface area contributed by atoms with Crippen molar-refractivity contribution in [3.8, 4) is 0 Å². The summed E-state index contributed by atoms with van der Waals surface area (Å²) in [5.74, 6) is 0.947. The first-order chi connectivity index (χ1) is 14.6. The maximum atomic E-state index is 12.9. The Balaban J connectivity index is 1.46. The minimum Gasteiger partial charge on any atom is -0.371 e. The van der Waals surface area contributed by atoms with E-state index in [-0.39, 0.29) is 11.8 Å². The van der Waals surface area contributed by atoms with E-state index in [0.717, 1.165) is 55.3 Å². The predicted octanol–water partition coefficient (Wildman–Crippen LogP) is 4.55. The second-order valence-electron chi connectivity index (χ2n) is 8.30. The van der Waals surface area contributed by atoms with Crippen LogP contribution in [-0.4, -0.2) is 36.7 Å². The molecule has 0 atom stereocenters. The molecule has 1 aliphatic carbocycles. The van der Waals surface area contributed by atoms with Gasteiger partial charge in [0, 0.05) is 35.4 Å². The van der Waals surface area contributed by atoms with Gasteiger partial charge in [0.15, 0.2) is 0 Å². The van der Waals surface area contributed by atoms with Crippen molar-refractivity contribution in [3.05, 3.63) is 54.1 Å². The normalized spacial score (nSPS) is 16.9. The van der Waals surface area contributed by atoms with E-state index in [1.165, 1.54) is 11.8 Å². The number of hydrogen-bond donors (Lipinski definition) is 2. The van der Waals surface area contributed by atoms with Gasteiger partial charge in [0.2, 0.25) is 5.91 Å². The van der Waals surface area contributed by atoms with Gasteiger partial charge in [0.05, 0.1) is 11.3 Å². The average Bonchev–Trinajstić information content (AvgIpc) is 3.58. The molecule has 4 rings (SSSR count). The largest absolute Gasteiger partial charge is 0.371 e. The van der Waals surface area contributed by atoms with E-state index in [1.807, 2.05) is 48.5 Å². The molecule has 158 valence electrons. The fourth-order valence-corrected chi connectivity index (χ4v) is 4.39. The maximum absolute atomic E-state index is 12.9. The van der Waals surface area contributed by atoms with Crippen LogP contribution in [0.25, 0.3) is 0 Å². The molecule has 2 aliphatic rings. The SMILES string of the molecule is CC1CCN(c2ccc(NC(=O)CSc3ccccc3)cc2C(=O)NC2CC2)CC1. The number of thioether (sulfide) groups is 1. The molecule has 2 amide bonds. The van der Waals surface area contributed by atoms with Gasteiger partial charge in [-0.15, -0.1) is 11.8 Å². The molecule has 0 aromatic heterocycles. The molecular formula is C24H29N3O2S. The van der Waals surface area contributed by atoms with Crippen LogP contribution in [0.15, 0.2) is 53.4 Å². The van der Waals surface area contributed by atoms with Crippen LogP contribution in [0.1, 0.15) is 43.0 Å². The van der Waals surface area contributed by atoms with Gasteiger partial charge < -0.3 is 15.5 Å². The number of benzene rings is 2. The van der Waals surface area contributed by atoms with Gasteiger partial charge in [-0.2, -0.15) is 0 Å². The average molecular weight is 424 g/mol. The lowest BCUT2D eigenvalue weighted by Crippen LogP contribution is -2.35. The summed E-state index contributed by atoms with van der Waals surface area (Å²) < 4.78 is 0. The summed E-state index contributed by atoms with van der Waals surface area (Å²) in [6.45, 7) is 4.21. The van der Waals surface area contributed by atoms with Gasteiger partial charge in [-0.1, -0.05) is 25.1 Å². The molecule has 0 radical (unpaired) electrons. The number of hydrogen-bond acceptors (Lipinski definition) is 4. The minimum absolute atomic E-state index is 0.0409. The molecule has 0 bridgehead atoms. The molecule has 2 aromatic rings. The van der Waals surface area contributed by atoms with Crippen molar-refractivity contribution in [3.63, 3.8) is 0 Å². The number of carbonyl (C=O) groups is 2. The first-order valence-corrected chi connectivity index (χ1v) is 11.7. The Hall–Kier alpha value is -2.47. The van der Waals surface area contributed by atoms with Crippen LogP contribution >= 0.6 is 11.8 Å². The van der Waals surface area contributed by atoms with Gasteiger partial charge >= 0.3 is 0 Å². The van der Waals surface area contributed by atoms with Crippen molar-refractivity contribution in [1.82, 2.24) is 5.32 Å². The lowest BCUT2D eigenvalue weighted by atomic mass is 9.97. The molecular weight excluding hydrogens is 394 g/mol. The molecule has 1 saturated heterocycles. The molecule has 30 heavy (non-hydrogen) atoms. The Morgan fingerprint density at radius 1 is 1.03 bits per heavy atom. The lowest BCUT2D eigenvalue weighted by Gasteiger charge is -2.33. The lowest BCUT2D eigenvalue weighted by molar-refractivity contribution is -0.113. The van der Waals surface area contributed by atoms with E-state index in [1.54, 1.807) is 0 Å². The van der Waals surface area contributed by atoms with Gasteiger partial charge in [-0.3, -0.25) is 9.59 Å². The highest BCUT2D eigenvalue weighted by molar-refractivity contribution is 8.00. The maximum Gasteiger partial charge on any atom is 0.253 e. The Kier molecular flexibility index (Phi) is 6.62. The molecule has 2 fully saturated rings. The van der Waals surface area contributed by atoms with E-state index in [0.29, 0.717) is 23.0 Å². The number of anilines is 2. The summed E-state index contributed by atoms with van der Waals surface area (Å²) in [7, 11) is 0. The summed E-state index contributed by atoms with van der Waals surface area (Å²) in [4.78, 5) is 28.7. The Morgan fingerprint density at radius 2 is 1.77 bits per heavy atom. The van der Waals surface area contributed by atoms with Gasteiger partial charge in [0.25, 0.3) is 5.91 Å². The monoisotopic (exact) mass is 423 g/mol. The Morgan fingerprint density at radius 3 is 2.47 bits per heavy atom. The second kappa shape index (κ2) is 9.56. The number of carbonyl (C=O) groups excluding carboxylic acids is 2. The fourth-order valence-electron chi connectivity index (χ4n) is 3.67. The predicted molar refractivity (Wildman–Crippen MR) is 123 cm³/mol. The number of rotatable bonds is 7. The molecule has 6 heteroatoms. The van der Waals surface area contributed by atoms with E-state index >= 15 is 0 Å². The molecule has 2 aromatic carbocycles. The zero-order valence-corrected chi connectivity index (χ0v) is 18.2. The van der Waals surface area contributed by atoms with Crippen LogP contribution in [0.3, 0.4) is 0 Å². The fraction of sp³-hybridized carbons (Fsp3) is 0.417. The van der Waals surface area contributed by atoms with Crippen molar-refractivity contribution >= 4 is 35.0 Å². The molecule has 2 N–H and O–H groups in total. The van der Waals surface area contributed by atoms with Crippen molar-refractivity contribution in [1.29, 1.82) is 0 Å². The van der Waals surface area contributed by atoms with E-state index in [2.05, 4.69) is 22.5 Å². The Labute approximate surface area is 182 Å². The summed E-state index contributed by atoms with van der Waals surface area (Å²) in [6, 6.07) is 15.9. The summed E-state index contributed by atoms with van der Waals surface area (Å²) >= 11 is 1.50. The van der Waals surface area contributed by atoms with Crippen LogP contribution in [0.4, 0.5) is 11.4 Å². The van der Waals surface area contributed by atoms with E-state index in [4.69, 9.17) is 0 Å². The number of nitrogens with one attached hydrogen (secondary N) is 2. The summed E-state index contributed by atoms with van der Waals surface area (Å²) in [5.41, 5.74) is 2.30. The highest BCUT2D eigenvalue weighted by atomic mass is 32.2. The molecule has 1 aliphatic heterocycles. The third-order valence-corrected chi connectivity index (χ3v) is 6.69. The highest BCUT2D eigenvalue weighted by Crippen LogP contribution is 2.30. The third kappa shape index (κ3) is 5.57. The topological polar surface area (TPSA) is 61.4 Å². The second-order valence-corrected chi connectivity index (χ2v) is 9.35. The molecule has 1 heterocycles. The van der Waals surface area contributed by atoms with Crippen molar-refractivity contribution < 1.29 is 9.59 Å². The first-order valence-electron chi connectivity index (χ1n) is 10.8. The smallest absolute Gasteiger partial charge is 0.253 e. The zero-order valence-electron chi connectivity index (χ0n) is 17.4. The number of nitrogens with zero attached hydrogens (tertiary/aromatic N) is 1. The van der Waals surface area contributed by atoms with Gasteiger partial charge in [-0.25, -0.2) is 0 Å². The van der Waals surface area contributed by atoms with Crippen molar-refractivity contribution in [2.75, 3.05) is 29.1 Å². The quantitative estimate of drug-likeness (QED) is 0.642. The van der Waals surface area contributed by atoms with Gasteiger partial charge in [0.1, 0.15) is 0 Å². The minimum atomic E-state index is -0.0723. The van der Waals surface area contributed by atoms with Crippen molar-refractivity contribution in [2.24, 2.45) is 5.92 Å². The molecule has 1 saturated carbocycles. The number of amides is 2. The van der Waals surface area contributed by atoms with E-state index < -0.39 is 0 Å². The van der Waals surface area contributed by atoms with Crippen LogP contribution in [-0.2, 0) is 4.79 Å². The zero-order chi connectivity index (χ0) is 20.9. The molecule has 0 spiro atoms. The highest BCUT2D eigenvalue weighted by Gasteiger charge is 2.27. The first kappa shape index (κ1) is 20.8. The standard InChI is InChI=1S/C24H29N3O2S/c1-17-11-13-27(14-12-17)22-10-9-19(15-21(22)24(29)26-18-7-8-18)25-23(28)16-30-20-5-3-2-4-6-20/h2-6,9-10,15,17-18H,7-8,11-14,16H2,1H3,(H,25,28)(H,26,29). The van der Waals surface area contributed by atoms with Crippen molar-refractivity contribution in [2.45, 2.75) is 43.5 Å². The van der Waals surface area contributed by atoms with Crippen LogP contribution in [0.2, 0.25) is 0 Å². The summed E-state index contributed by atoms with van der Waals surface area (Å²) in [6.07, 6.45) is 4.38. The van der Waals surface area contributed by atoms with Crippen LogP contribution < -0.4 is 15.5 Å². The van der Waals surface area contributed by atoms with E-state index in [9.17, 15) is 9.59 Å².